The van der Waals surface area contributed by atoms with E-state index >= 15 is 0 Å². The van der Waals surface area contributed by atoms with E-state index in [4.69, 9.17) is 5.73 Å². The summed E-state index contributed by atoms with van der Waals surface area (Å²) in [4.78, 5) is 24.4. The molecular weight excluding hydrogens is 402 g/mol. The number of ketones is 1. The minimum Gasteiger partial charge on any atom is -0.384 e. The molecule has 1 aromatic heterocycles. The van der Waals surface area contributed by atoms with E-state index in [0.29, 0.717) is 11.3 Å². The van der Waals surface area contributed by atoms with Crippen molar-refractivity contribution in [2.24, 2.45) is 10.7 Å². The number of hydrogen-bond donors (Lipinski definition) is 1. The fraction of sp³-hybridized carbons (Fsp3) is 0.368. The van der Waals surface area contributed by atoms with Crippen molar-refractivity contribution in [1.29, 1.82) is 0 Å². The van der Waals surface area contributed by atoms with Gasteiger partial charge in [0.25, 0.3) is 5.00 Å². The number of nitrogens with zero attached hydrogens (tertiary/aromatic N) is 3. The Morgan fingerprint density at radius 3 is 2.52 bits per heavy atom. The fourth-order valence-corrected chi connectivity index (χ4v) is 4.70. The highest BCUT2D eigenvalue weighted by Crippen LogP contribution is 2.38. The number of rotatable bonds is 4. The maximum Gasteiger partial charge on any atom is 0.263 e. The van der Waals surface area contributed by atoms with Crippen molar-refractivity contribution >= 4 is 21.5 Å². The molecule has 29 heavy (non-hydrogen) atoms. The third-order valence-corrected chi connectivity index (χ3v) is 7.24. The molecule has 154 valence electrons. The van der Waals surface area contributed by atoms with Crippen LogP contribution in [0.2, 0.25) is 0 Å². The van der Waals surface area contributed by atoms with E-state index in [1.807, 2.05) is 0 Å². The third-order valence-electron chi connectivity index (χ3n) is 4.92. The number of benzene rings is 1. The van der Waals surface area contributed by atoms with Gasteiger partial charge in [-0.1, -0.05) is 6.07 Å². The Hall–Kier alpha value is -2.75. The number of hydrogen-bond acceptors (Lipinski definition) is 7. The lowest BCUT2D eigenvalue weighted by Gasteiger charge is -2.35. The average Bonchev–Trinajstić information content (AvgIpc) is 2.62. The predicted molar refractivity (Wildman–Crippen MR) is 103 cm³/mol. The van der Waals surface area contributed by atoms with Crippen molar-refractivity contribution in [2.45, 2.75) is 37.7 Å². The monoisotopic (exact) mass is 422 g/mol. The number of alkyl halides is 1. The van der Waals surface area contributed by atoms with Crippen molar-refractivity contribution < 1.29 is 22.0 Å². The standard InChI is InChI=1S/C19H20F2N4O3S/c1-11-8-24-15(9-23-11)16(26)7-12-4-5-14(20)13(6-12)18(2)10-29(27,28)19(3,21)17(22)25-18/h4-6,8-9H,7,10H2,1-3H3,(H2,22,25)/t18-,19+/m0/s1. The van der Waals surface area contributed by atoms with Crippen LogP contribution in [-0.4, -0.2) is 40.8 Å². The molecule has 3 rings (SSSR count). The summed E-state index contributed by atoms with van der Waals surface area (Å²) in [6, 6.07) is 3.87. The molecule has 0 saturated carbocycles. The molecule has 1 aromatic carbocycles. The second-order valence-electron chi connectivity index (χ2n) is 7.40. The second-order valence-corrected chi connectivity index (χ2v) is 9.69. The number of sulfone groups is 1. The van der Waals surface area contributed by atoms with Crippen LogP contribution in [0.25, 0.3) is 0 Å². The first-order chi connectivity index (χ1) is 13.4. The Labute approximate surface area is 167 Å². The summed E-state index contributed by atoms with van der Waals surface area (Å²) in [6.45, 7) is 3.91. The van der Waals surface area contributed by atoms with Crippen molar-refractivity contribution in [2.75, 3.05) is 5.75 Å². The van der Waals surface area contributed by atoms with E-state index in [2.05, 4.69) is 15.0 Å². The van der Waals surface area contributed by atoms with Crippen LogP contribution < -0.4 is 5.73 Å². The van der Waals surface area contributed by atoms with Crippen LogP contribution >= 0.6 is 0 Å². The maximum atomic E-state index is 14.6. The largest absolute Gasteiger partial charge is 0.384 e. The van der Waals surface area contributed by atoms with E-state index in [-0.39, 0.29) is 23.5 Å². The highest BCUT2D eigenvalue weighted by Gasteiger charge is 2.53. The van der Waals surface area contributed by atoms with E-state index < -0.39 is 37.8 Å². The van der Waals surface area contributed by atoms with Crippen LogP contribution in [-0.2, 0) is 21.8 Å². The lowest BCUT2D eigenvalue weighted by molar-refractivity contribution is 0.0987. The normalized spacial score (nSPS) is 26.0. The molecule has 1 aliphatic rings. The van der Waals surface area contributed by atoms with Gasteiger partial charge in [0.05, 0.1) is 17.6 Å². The van der Waals surface area contributed by atoms with Gasteiger partial charge in [-0.2, -0.15) is 0 Å². The number of aryl methyl sites for hydroxylation is 1. The number of carbonyl (C=O) groups is 1. The molecule has 2 aromatic rings. The van der Waals surface area contributed by atoms with Gasteiger partial charge in [0.2, 0.25) is 0 Å². The molecule has 0 unspecified atom stereocenters. The molecule has 0 aliphatic carbocycles. The Bertz CT molecular complexity index is 1110. The molecule has 1 aliphatic heterocycles. The van der Waals surface area contributed by atoms with Crippen LogP contribution in [0.15, 0.2) is 35.6 Å². The maximum absolute atomic E-state index is 14.6. The van der Waals surface area contributed by atoms with Crippen LogP contribution in [0.3, 0.4) is 0 Å². The summed E-state index contributed by atoms with van der Waals surface area (Å²) in [6.07, 6.45) is 2.71. The highest BCUT2D eigenvalue weighted by atomic mass is 32.2. The van der Waals surface area contributed by atoms with Gasteiger partial charge >= 0.3 is 0 Å². The summed E-state index contributed by atoms with van der Waals surface area (Å²) >= 11 is 0. The molecule has 0 amide bonds. The molecule has 2 N–H and O–H groups in total. The van der Waals surface area contributed by atoms with Crippen molar-refractivity contribution in [3.8, 4) is 0 Å². The number of nitrogens with two attached hydrogens (primary N) is 1. The lowest BCUT2D eigenvalue weighted by Crippen LogP contribution is -2.54. The zero-order valence-electron chi connectivity index (χ0n) is 16.1. The molecular formula is C19H20F2N4O3S. The number of halogens is 2. The quantitative estimate of drug-likeness (QED) is 0.754. The van der Waals surface area contributed by atoms with Crippen molar-refractivity contribution in [3.63, 3.8) is 0 Å². The van der Waals surface area contributed by atoms with Gasteiger partial charge in [-0.05, 0) is 38.5 Å². The molecule has 7 nitrogen and oxygen atoms in total. The van der Waals surface area contributed by atoms with Gasteiger partial charge in [-0.15, -0.1) is 0 Å². The van der Waals surface area contributed by atoms with Crippen LogP contribution in [0.5, 0.6) is 0 Å². The third kappa shape index (κ3) is 3.76. The highest BCUT2D eigenvalue weighted by molar-refractivity contribution is 7.93. The Morgan fingerprint density at radius 2 is 1.93 bits per heavy atom. The number of aromatic nitrogens is 2. The predicted octanol–water partition coefficient (Wildman–Crippen LogP) is 2.04. The van der Waals surface area contributed by atoms with Gasteiger partial charge < -0.3 is 5.73 Å². The van der Waals surface area contributed by atoms with Gasteiger partial charge in [-0.3, -0.25) is 14.8 Å². The van der Waals surface area contributed by atoms with Crippen molar-refractivity contribution in [1.82, 2.24) is 9.97 Å². The summed E-state index contributed by atoms with van der Waals surface area (Å²) in [5.41, 5.74) is 5.10. The van der Waals surface area contributed by atoms with Gasteiger partial charge in [0.15, 0.2) is 15.6 Å². The SMILES string of the molecule is Cc1cnc(C(=O)Cc2ccc(F)c([C@]3(C)CS(=O)(=O)[C@@](C)(F)C(N)=N3)c2)cn1. The zero-order valence-corrected chi connectivity index (χ0v) is 16.9. The first kappa shape index (κ1) is 21.0. The Kier molecular flexibility index (Phi) is 5.02. The molecule has 0 spiro atoms. The molecule has 10 heteroatoms. The van der Waals surface area contributed by atoms with Gasteiger partial charge in [0, 0.05) is 18.2 Å². The van der Waals surface area contributed by atoms with Gasteiger partial charge in [0.1, 0.15) is 22.9 Å². The first-order valence-electron chi connectivity index (χ1n) is 8.73. The van der Waals surface area contributed by atoms with Crippen LogP contribution in [0.1, 0.15) is 41.2 Å². The van der Waals surface area contributed by atoms with E-state index in [1.54, 1.807) is 6.92 Å². The first-order valence-corrected chi connectivity index (χ1v) is 10.4. The summed E-state index contributed by atoms with van der Waals surface area (Å²) in [7, 11) is -4.34. The Balaban J connectivity index is 1.98. The smallest absolute Gasteiger partial charge is 0.263 e. The summed E-state index contributed by atoms with van der Waals surface area (Å²) in [5.74, 6) is -2.56. The minimum absolute atomic E-state index is 0.0835. The topological polar surface area (TPSA) is 115 Å². The number of amidine groups is 1. The lowest BCUT2D eigenvalue weighted by atomic mass is 9.91. The summed E-state index contributed by atoms with van der Waals surface area (Å²) in [5, 5.41) is -2.82. The molecule has 0 saturated heterocycles. The van der Waals surface area contributed by atoms with Crippen LogP contribution in [0.4, 0.5) is 8.78 Å². The number of carbonyl (C=O) groups excluding carboxylic acids is 1. The number of Topliss-reactive ketones (excluding diaryl/α,β-unsaturated/α-hetero) is 1. The Morgan fingerprint density at radius 1 is 1.24 bits per heavy atom. The van der Waals surface area contributed by atoms with Gasteiger partial charge in [-0.25, -0.2) is 22.2 Å². The molecule has 0 bridgehead atoms. The average molecular weight is 422 g/mol. The second kappa shape index (κ2) is 6.94. The fourth-order valence-electron chi connectivity index (χ4n) is 3.11. The summed E-state index contributed by atoms with van der Waals surface area (Å²) < 4.78 is 53.8. The molecule has 0 radical (unpaired) electrons. The van der Waals surface area contributed by atoms with E-state index in [1.165, 1.54) is 31.5 Å². The van der Waals surface area contributed by atoms with E-state index in [9.17, 15) is 22.0 Å². The number of aliphatic imine (C=N–C) groups is 1. The van der Waals surface area contributed by atoms with Crippen molar-refractivity contribution in [3.05, 3.63) is 58.9 Å². The molecule has 0 fully saturated rings. The molecule has 2 atom stereocenters. The molecule has 2 heterocycles. The zero-order chi connectivity index (χ0) is 21.6. The van der Waals surface area contributed by atoms with E-state index in [0.717, 1.165) is 13.0 Å². The van der Waals surface area contributed by atoms with Crippen LogP contribution in [0, 0.1) is 12.7 Å². The minimum atomic E-state index is -4.34.